The largest absolute Gasteiger partial charge is 0.479 e. The van der Waals surface area contributed by atoms with E-state index in [0.29, 0.717) is 5.92 Å². The lowest BCUT2D eigenvalue weighted by Gasteiger charge is -2.22. The average molecular weight is 239 g/mol. The lowest BCUT2D eigenvalue weighted by molar-refractivity contribution is -0.156. The molecule has 0 aromatic rings. The number of carbonyl (C=O) groups excluding carboxylic acids is 1. The topological polar surface area (TPSA) is 86.6 Å². The number of rotatable bonds is 4. The van der Waals surface area contributed by atoms with Crippen LogP contribution in [0.4, 0.5) is 0 Å². The molecule has 5 heteroatoms. The van der Waals surface area contributed by atoms with Crippen molar-refractivity contribution in [3.8, 4) is 0 Å². The van der Waals surface area contributed by atoms with Crippen molar-refractivity contribution in [2.75, 3.05) is 6.54 Å². The van der Waals surface area contributed by atoms with Gasteiger partial charge in [-0.1, -0.05) is 12.2 Å². The van der Waals surface area contributed by atoms with Gasteiger partial charge in [-0.25, -0.2) is 4.79 Å². The number of aliphatic carboxylic acids is 1. The number of hydrogen-bond donors (Lipinski definition) is 3. The Labute approximate surface area is 99.5 Å². The summed E-state index contributed by atoms with van der Waals surface area (Å²) in [5.74, 6) is -0.755. The van der Waals surface area contributed by atoms with Crippen molar-refractivity contribution in [1.29, 1.82) is 0 Å². The zero-order valence-electron chi connectivity index (χ0n) is 9.72. The van der Waals surface area contributed by atoms with E-state index in [9.17, 15) is 14.7 Å². The molecule has 94 valence electrons. The number of fused-ring (bicyclic) bond motifs is 2. The Morgan fingerprint density at radius 1 is 1.41 bits per heavy atom. The molecule has 3 N–H and O–H groups in total. The van der Waals surface area contributed by atoms with Gasteiger partial charge in [0, 0.05) is 5.92 Å². The minimum absolute atomic E-state index is 0.0606. The normalized spacial score (nSPS) is 33.4. The molecule has 2 aliphatic carbocycles. The van der Waals surface area contributed by atoms with E-state index in [1.807, 2.05) is 0 Å². The van der Waals surface area contributed by atoms with Crippen LogP contribution in [0.3, 0.4) is 0 Å². The number of hydrogen-bond acceptors (Lipinski definition) is 3. The van der Waals surface area contributed by atoms with E-state index >= 15 is 0 Å². The number of carboxylic acid groups (broad SMARTS) is 1. The predicted octanol–water partition coefficient (Wildman–Crippen LogP) is 0.150. The summed E-state index contributed by atoms with van der Waals surface area (Å²) in [5.41, 5.74) is -1.90. The minimum atomic E-state index is -1.90. The molecule has 0 radical (unpaired) electrons. The highest BCUT2D eigenvalue weighted by atomic mass is 16.4. The van der Waals surface area contributed by atoms with Gasteiger partial charge in [0.1, 0.15) is 0 Å². The number of carbonyl (C=O) groups is 2. The van der Waals surface area contributed by atoms with Crippen LogP contribution in [0, 0.1) is 17.8 Å². The van der Waals surface area contributed by atoms with Crippen molar-refractivity contribution in [2.45, 2.75) is 25.4 Å². The van der Waals surface area contributed by atoms with E-state index in [-0.39, 0.29) is 24.3 Å². The van der Waals surface area contributed by atoms with Gasteiger partial charge in [-0.05, 0) is 31.6 Å². The SMILES string of the molecule is CC(O)(CNC(=O)C1CC2C=CC1C2)C(=O)O. The summed E-state index contributed by atoms with van der Waals surface area (Å²) < 4.78 is 0. The molecule has 5 nitrogen and oxygen atoms in total. The second kappa shape index (κ2) is 4.14. The monoisotopic (exact) mass is 239 g/mol. The lowest BCUT2D eigenvalue weighted by atomic mass is 9.92. The zero-order valence-corrected chi connectivity index (χ0v) is 9.72. The highest BCUT2D eigenvalue weighted by Crippen LogP contribution is 2.43. The first-order valence-electron chi connectivity index (χ1n) is 5.82. The van der Waals surface area contributed by atoms with Crippen LogP contribution in [-0.2, 0) is 9.59 Å². The minimum Gasteiger partial charge on any atom is -0.479 e. The van der Waals surface area contributed by atoms with Crippen LogP contribution < -0.4 is 5.32 Å². The fourth-order valence-corrected chi connectivity index (χ4v) is 2.55. The number of allylic oxidation sites excluding steroid dienone is 2. The Kier molecular flexibility index (Phi) is 2.95. The first-order chi connectivity index (χ1) is 7.90. The van der Waals surface area contributed by atoms with Crippen LogP contribution in [0.15, 0.2) is 12.2 Å². The van der Waals surface area contributed by atoms with Crippen LogP contribution in [0.5, 0.6) is 0 Å². The summed E-state index contributed by atoms with van der Waals surface area (Å²) in [6.07, 6.45) is 6.06. The first-order valence-corrected chi connectivity index (χ1v) is 5.82. The maximum absolute atomic E-state index is 11.9. The lowest BCUT2D eigenvalue weighted by Crippen LogP contribution is -2.48. The maximum atomic E-state index is 11.9. The first kappa shape index (κ1) is 12.1. The molecule has 0 aromatic heterocycles. The molecule has 2 aliphatic rings. The Balaban J connectivity index is 1.86. The molecule has 17 heavy (non-hydrogen) atoms. The van der Waals surface area contributed by atoms with Crippen molar-refractivity contribution < 1.29 is 19.8 Å². The van der Waals surface area contributed by atoms with Gasteiger partial charge in [-0.15, -0.1) is 0 Å². The highest BCUT2D eigenvalue weighted by Gasteiger charge is 2.40. The van der Waals surface area contributed by atoms with Crippen molar-refractivity contribution in [3.63, 3.8) is 0 Å². The highest BCUT2D eigenvalue weighted by molar-refractivity contribution is 5.82. The van der Waals surface area contributed by atoms with E-state index in [1.165, 1.54) is 6.92 Å². The molecule has 1 saturated carbocycles. The Morgan fingerprint density at radius 3 is 2.59 bits per heavy atom. The third-order valence-corrected chi connectivity index (χ3v) is 3.68. The summed E-state index contributed by atoms with van der Waals surface area (Å²) in [7, 11) is 0. The molecule has 1 amide bonds. The quantitative estimate of drug-likeness (QED) is 0.609. The number of carboxylic acids is 1. The molecule has 4 unspecified atom stereocenters. The van der Waals surface area contributed by atoms with Gasteiger partial charge in [0.05, 0.1) is 6.54 Å². The summed E-state index contributed by atoms with van der Waals surface area (Å²) in [6.45, 7) is 0.926. The van der Waals surface area contributed by atoms with Crippen molar-refractivity contribution in [3.05, 3.63) is 12.2 Å². The van der Waals surface area contributed by atoms with Crippen LogP contribution >= 0.6 is 0 Å². The second-order valence-electron chi connectivity index (χ2n) is 5.18. The summed E-state index contributed by atoms with van der Waals surface area (Å²) in [4.78, 5) is 22.5. The predicted molar refractivity (Wildman–Crippen MR) is 60.1 cm³/mol. The standard InChI is InChI=1S/C12H17NO4/c1-12(17,11(15)16)6-13-10(14)9-5-7-2-3-8(9)4-7/h2-3,7-9,17H,4-6H2,1H3,(H,13,14)(H,15,16). The fraction of sp³-hybridized carbons (Fsp3) is 0.667. The van der Waals surface area contributed by atoms with Gasteiger partial charge in [-0.2, -0.15) is 0 Å². The Hall–Kier alpha value is -1.36. The van der Waals surface area contributed by atoms with Crippen LogP contribution in [0.2, 0.25) is 0 Å². The molecule has 2 bridgehead atoms. The number of amides is 1. The maximum Gasteiger partial charge on any atom is 0.337 e. The second-order valence-corrected chi connectivity index (χ2v) is 5.18. The third kappa shape index (κ3) is 2.34. The van der Waals surface area contributed by atoms with Crippen molar-refractivity contribution >= 4 is 11.9 Å². The van der Waals surface area contributed by atoms with Crippen LogP contribution in [0.25, 0.3) is 0 Å². The van der Waals surface area contributed by atoms with E-state index in [4.69, 9.17) is 5.11 Å². The molecule has 0 aromatic carbocycles. The summed E-state index contributed by atoms with van der Waals surface area (Å²) in [6, 6.07) is 0. The van der Waals surface area contributed by atoms with Crippen LogP contribution in [-0.4, -0.2) is 34.2 Å². The van der Waals surface area contributed by atoms with E-state index in [0.717, 1.165) is 12.8 Å². The number of aliphatic hydroxyl groups is 1. The van der Waals surface area contributed by atoms with E-state index < -0.39 is 11.6 Å². The van der Waals surface area contributed by atoms with Gasteiger partial charge in [0.2, 0.25) is 5.91 Å². The smallest absolute Gasteiger partial charge is 0.337 e. The fourth-order valence-electron chi connectivity index (χ4n) is 2.55. The Bertz CT molecular complexity index is 375. The van der Waals surface area contributed by atoms with Crippen molar-refractivity contribution in [2.24, 2.45) is 17.8 Å². The molecule has 0 heterocycles. The molecular weight excluding hydrogens is 222 g/mol. The van der Waals surface area contributed by atoms with Gasteiger partial charge in [0.15, 0.2) is 5.60 Å². The van der Waals surface area contributed by atoms with E-state index in [2.05, 4.69) is 17.5 Å². The van der Waals surface area contributed by atoms with Crippen LogP contribution in [0.1, 0.15) is 19.8 Å². The number of nitrogens with one attached hydrogen (secondary N) is 1. The van der Waals surface area contributed by atoms with Gasteiger partial charge < -0.3 is 15.5 Å². The summed E-state index contributed by atoms with van der Waals surface area (Å²) in [5, 5.41) is 20.7. The summed E-state index contributed by atoms with van der Waals surface area (Å²) >= 11 is 0. The zero-order chi connectivity index (χ0) is 12.6. The molecular formula is C12H17NO4. The van der Waals surface area contributed by atoms with Gasteiger partial charge in [-0.3, -0.25) is 4.79 Å². The van der Waals surface area contributed by atoms with Crippen molar-refractivity contribution in [1.82, 2.24) is 5.32 Å². The molecule has 4 atom stereocenters. The molecule has 0 spiro atoms. The molecule has 1 fully saturated rings. The van der Waals surface area contributed by atoms with Gasteiger partial charge >= 0.3 is 5.97 Å². The Morgan fingerprint density at radius 2 is 2.12 bits per heavy atom. The molecule has 2 rings (SSSR count). The van der Waals surface area contributed by atoms with Gasteiger partial charge in [0.25, 0.3) is 0 Å². The average Bonchev–Trinajstić information content (AvgIpc) is 2.87. The molecule has 0 aliphatic heterocycles. The molecule has 0 saturated heterocycles. The van der Waals surface area contributed by atoms with E-state index in [1.54, 1.807) is 0 Å². The third-order valence-electron chi connectivity index (χ3n) is 3.68.